The lowest BCUT2D eigenvalue weighted by Gasteiger charge is -2.12. The Labute approximate surface area is 157 Å². The summed E-state index contributed by atoms with van der Waals surface area (Å²) in [6.07, 6.45) is 2.78. The number of rotatable bonds is 3. The van der Waals surface area contributed by atoms with Gasteiger partial charge in [-0.15, -0.1) is 0 Å². The standard InChI is InChI=1S/C20H13F2N3O3/c1-28-20(27)15-11-24(13-7-8-16(21)17(22)9-13)10-14-18(15)23-25(19(14)26)12-5-3-2-4-6-12/h2-11H,1H3. The first-order chi connectivity index (χ1) is 13.5. The first-order valence-corrected chi connectivity index (χ1v) is 8.24. The number of benzene rings is 2. The molecule has 0 bridgehead atoms. The van der Waals surface area contributed by atoms with Crippen molar-refractivity contribution in [1.82, 2.24) is 14.3 Å². The number of pyridine rings is 1. The minimum atomic E-state index is -1.05. The average molecular weight is 381 g/mol. The minimum Gasteiger partial charge on any atom is -0.465 e. The molecule has 2 aliphatic rings. The molecule has 2 heterocycles. The van der Waals surface area contributed by atoms with Gasteiger partial charge in [0.1, 0.15) is 11.3 Å². The number of methoxy groups -OCH3 is 1. The van der Waals surface area contributed by atoms with E-state index in [1.807, 2.05) is 0 Å². The summed E-state index contributed by atoms with van der Waals surface area (Å²) in [5.41, 5.74) is 0.618. The summed E-state index contributed by atoms with van der Waals surface area (Å²) >= 11 is 0. The van der Waals surface area contributed by atoms with Crippen molar-refractivity contribution in [2.75, 3.05) is 7.11 Å². The zero-order valence-corrected chi connectivity index (χ0v) is 14.6. The Kier molecular flexibility index (Phi) is 4.23. The lowest BCUT2D eigenvalue weighted by Crippen LogP contribution is -2.15. The van der Waals surface area contributed by atoms with Crippen LogP contribution in [-0.2, 0) is 4.74 Å². The Morgan fingerprint density at radius 3 is 2.43 bits per heavy atom. The number of ether oxygens (including phenoxy) is 1. The fourth-order valence-electron chi connectivity index (χ4n) is 2.90. The third kappa shape index (κ3) is 2.84. The maximum atomic E-state index is 13.7. The Bertz CT molecular complexity index is 1220. The molecule has 6 nitrogen and oxygen atoms in total. The quantitative estimate of drug-likeness (QED) is 0.511. The van der Waals surface area contributed by atoms with E-state index in [4.69, 9.17) is 4.74 Å². The highest BCUT2D eigenvalue weighted by atomic mass is 19.2. The van der Waals surface area contributed by atoms with Crippen molar-refractivity contribution in [1.29, 1.82) is 0 Å². The second-order valence-electron chi connectivity index (χ2n) is 5.98. The van der Waals surface area contributed by atoms with Crippen LogP contribution in [0.4, 0.5) is 8.78 Å². The largest absolute Gasteiger partial charge is 0.465 e. The predicted octanol–water partition coefficient (Wildman–Crippen LogP) is 3.19. The van der Waals surface area contributed by atoms with Crippen molar-refractivity contribution < 1.29 is 18.3 Å². The maximum Gasteiger partial charge on any atom is 0.341 e. The number of fused-ring (bicyclic) bond motifs is 1. The van der Waals surface area contributed by atoms with Crippen molar-refractivity contribution in [3.63, 3.8) is 0 Å². The number of carbonyl (C=O) groups is 1. The number of para-hydroxylation sites is 1. The van der Waals surface area contributed by atoms with Gasteiger partial charge in [-0.2, -0.15) is 9.78 Å². The predicted molar refractivity (Wildman–Crippen MR) is 97.0 cm³/mol. The number of halogens is 2. The van der Waals surface area contributed by atoms with Gasteiger partial charge < -0.3 is 9.30 Å². The van der Waals surface area contributed by atoms with Crippen LogP contribution in [0, 0.1) is 11.6 Å². The molecule has 0 fully saturated rings. The molecule has 0 saturated heterocycles. The summed E-state index contributed by atoms with van der Waals surface area (Å²) in [6, 6.07) is 12.0. The Morgan fingerprint density at radius 2 is 1.75 bits per heavy atom. The first kappa shape index (κ1) is 17.6. The molecular weight excluding hydrogens is 368 g/mol. The molecule has 4 rings (SSSR count). The molecule has 28 heavy (non-hydrogen) atoms. The molecule has 0 N–H and O–H groups in total. The summed E-state index contributed by atoms with van der Waals surface area (Å²) in [5.74, 6) is -2.76. The van der Waals surface area contributed by atoms with Crippen molar-refractivity contribution in [2.45, 2.75) is 0 Å². The molecule has 0 radical (unpaired) electrons. The van der Waals surface area contributed by atoms with Crippen molar-refractivity contribution in [2.24, 2.45) is 0 Å². The van der Waals surface area contributed by atoms with Gasteiger partial charge in [-0.1, -0.05) is 18.2 Å². The van der Waals surface area contributed by atoms with Crippen LogP contribution in [0.5, 0.6) is 0 Å². The summed E-state index contributed by atoms with van der Waals surface area (Å²) in [4.78, 5) is 25.2. The van der Waals surface area contributed by atoms with Gasteiger partial charge in [-0.25, -0.2) is 13.6 Å². The summed E-state index contributed by atoms with van der Waals surface area (Å²) in [6.45, 7) is 0. The first-order valence-electron chi connectivity index (χ1n) is 8.24. The van der Waals surface area contributed by atoms with E-state index in [1.165, 1.54) is 34.8 Å². The number of esters is 1. The summed E-state index contributed by atoms with van der Waals surface area (Å²) in [5, 5.41) is 4.27. The zero-order chi connectivity index (χ0) is 19.8. The topological polar surface area (TPSA) is 66.1 Å². The highest BCUT2D eigenvalue weighted by Gasteiger charge is 2.25. The number of aromatic nitrogens is 3. The third-order valence-corrected chi connectivity index (χ3v) is 4.28. The van der Waals surface area contributed by atoms with Gasteiger partial charge in [0, 0.05) is 24.1 Å². The van der Waals surface area contributed by atoms with E-state index in [1.54, 1.807) is 30.3 Å². The maximum absolute atomic E-state index is 13.7. The number of carbonyl (C=O) groups excluding carboxylic acids is 1. The Balaban J connectivity index is 2.00. The van der Waals surface area contributed by atoms with Gasteiger partial charge in [-0.3, -0.25) is 4.79 Å². The smallest absolute Gasteiger partial charge is 0.341 e. The molecule has 0 aliphatic carbocycles. The number of hydrogen-bond donors (Lipinski definition) is 0. The Hall–Kier alpha value is -3.81. The molecule has 0 atom stereocenters. The molecule has 0 unspecified atom stereocenters. The van der Waals surface area contributed by atoms with Crippen LogP contribution in [0.15, 0.2) is 65.7 Å². The fraction of sp³-hybridized carbons (Fsp3) is 0.0500. The van der Waals surface area contributed by atoms with E-state index in [9.17, 15) is 18.4 Å². The highest BCUT2D eigenvalue weighted by molar-refractivity contribution is 5.96. The van der Waals surface area contributed by atoms with Crippen molar-refractivity contribution >= 4 is 5.97 Å². The van der Waals surface area contributed by atoms with E-state index >= 15 is 0 Å². The van der Waals surface area contributed by atoms with Crippen LogP contribution in [-0.4, -0.2) is 27.4 Å². The van der Waals surface area contributed by atoms with E-state index in [0.717, 1.165) is 12.1 Å². The summed E-state index contributed by atoms with van der Waals surface area (Å²) in [7, 11) is 1.20. The molecular formula is C20H13F2N3O3. The normalized spacial score (nSPS) is 11.0. The lowest BCUT2D eigenvalue weighted by molar-refractivity contribution is 0.0600. The monoisotopic (exact) mass is 381 g/mol. The van der Waals surface area contributed by atoms with Gasteiger partial charge in [0.2, 0.25) is 0 Å². The van der Waals surface area contributed by atoms with E-state index in [2.05, 4.69) is 5.10 Å². The lowest BCUT2D eigenvalue weighted by atomic mass is 10.1. The molecule has 0 saturated carbocycles. The molecule has 8 heteroatoms. The average Bonchev–Trinajstić information content (AvgIpc) is 3.06. The van der Waals surface area contributed by atoms with Crippen LogP contribution in [0.2, 0.25) is 0 Å². The highest BCUT2D eigenvalue weighted by Crippen LogP contribution is 2.25. The van der Waals surface area contributed by atoms with E-state index in [0.29, 0.717) is 5.69 Å². The van der Waals surface area contributed by atoms with Crippen molar-refractivity contribution in [3.8, 4) is 22.6 Å². The number of nitrogens with zero attached hydrogens (tertiary/aromatic N) is 3. The van der Waals surface area contributed by atoms with Crippen LogP contribution in [0.25, 0.3) is 22.6 Å². The van der Waals surface area contributed by atoms with Crippen LogP contribution >= 0.6 is 0 Å². The molecule has 140 valence electrons. The van der Waals surface area contributed by atoms with Gasteiger partial charge in [0.05, 0.1) is 18.4 Å². The van der Waals surface area contributed by atoms with Gasteiger partial charge in [0.15, 0.2) is 11.6 Å². The fourth-order valence-corrected chi connectivity index (χ4v) is 2.90. The van der Waals surface area contributed by atoms with Gasteiger partial charge >= 0.3 is 5.97 Å². The van der Waals surface area contributed by atoms with E-state index in [-0.39, 0.29) is 22.5 Å². The zero-order valence-electron chi connectivity index (χ0n) is 14.6. The van der Waals surface area contributed by atoms with Gasteiger partial charge in [-0.05, 0) is 24.3 Å². The SMILES string of the molecule is COC(=O)c1cn(-c2ccc(F)c(F)c2)cc2c(=O)n(-c3ccccc3)nc1-2. The van der Waals surface area contributed by atoms with Crippen LogP contribution < -0.4 is 5.56 Å². The van der Waals surface area contributed by atoms with Crippen LogP contribution in [0.1, 0.15) is 10.4 Å². The Morgan fingerprint density at radius 1 is 1.00 bits per heavy atom. The van der Waals surface area contributed by atoms with Crippen LogP contribution in [0.3, 0.4) is 0 Å². The van der Waals surface area contributed by atoms with Crippen molar-refractivity contribution in [3.05, 3.63) is 88.5 Å². The second kappa shape index (κ2) is 6.73. The third-order valence-electron chi connectivity index (χ3n) is 4.28. The molecule has 2 aromatic rings. The second-order valence-corrected chi connectivity index (χ2v) is 5.98. The number of hydrogen-bond acceptors (Lipinski definition) is 4. The summed E-state index contributed by atoms with van der Waals surface area (Å²) < 4.78 is 34.2. The van der Waals surface area contributed by atoms with E-state index < -0.39 is 23.2 Å². The molecule has 0 spiro atoms. The molecule has 2 aromatic carbocycles. The molecule has 0 aromatic heterocycles. The molecule has 2 aliphatic heterocycles. The molecule has 0 amide bonds. The minimum absolute atomic E-state index is 0.0246. The van der Waals surface area contributed by atoms with Gasteiger partial charge in [0.25, 0.3) is 5.56 Å².